The molecule has 0 radical (unpaired) electrons. The summed E-state index contributed by atoms with van der Waals surface area (Å²) in [5.41, 5.74) is 4.08. The van der Waals surface area contributed by atoms with E-state index < -0.39 is 0 Å². The van der Waals surface area contributed by atoms with Crippen LogP contribution in [0, 0.1) is 0 Å². The highest BCUT2D eigenvalue weighted by Crippen LogP contribution is 2.26. The van der Waals surface area contributed by atoms with E-state index in [1.807, 2.05) is 72.8 Å². The Balaban J connectivity index is 1.34. The molecule has 0 amide bonds. The van der Waals surface area contributed by atoms with E-state index in [4.69, 9.17) is 9.15 Å². The SMILES string of the molecule is O=c1c(-c2ccc(OCCN3CCCC3)cc2)coc2cc(-c3ccccc3)ccc12. The van der Waals surface area contributed by atoms with E-state index in [-0.39, 0.29) is 5.43 Å². The molecule has 0 aliphatic carbocycles. The van der Waals surface area contributed by atoms with E-state index in [0.29, 0.717) is 23.1 Å². The molecule has 1 aliphatic heterocycles. The topological polar surface area (TPSA) is 42.7 Å². The second-order valence-corrected chi connectivity index (χ2v) is 7.98. The first-order valence-corrected chi connectivity index (χ1v) is 10.8. The largest absolute Gasteiger partial charge is 0.492 e. The van der Waals surface area contributed by atoms with Crippen LogP contribution in [0.4, 0.5) is 0 Å². The number of hydrogen-bond donors (Lipinski definition) is 0. The lowest BCUT2D eigenvalue weighted by atomic mass is 10.0. The average molecular weight is 412 g/mol. The molecule has 0 unspecified atom stereocenters. The minimum atomic E-state index is -0.0245. The Hall–Kier alpha value is -3.37. The van der Waals surface area contributed by atoms with Crippen molar-refractivity contribution in [3.8, 4) is 28.0 Å². The number of nitrogens with zero attached hydrogens (tertiary/aromatic N) is 1. The van der Waals surface area contributed by atoms with E-state index in [2.05, 4.69) is 4.90 Å². The van der Waals surface area contributed by atoms with Crippen molar-refractivity contribution in [1.29, 1.82) is 0 Å². The van der Waals surface area contributed by atoms with Gasteiger partial charge in [-0.05, 0) is 66.9 Å². The summed E-state index contributed by atoms with van der Waals surface area (Å²) in [6.07, 6.45) is 4.13. The summed E-state index contributed by atoms with van der Waals surface area (Å²) in [7, 11) is 0. The van der Waals surface area contributed by atoms with Crippen LogP contribution in [0.5, 0.6) is 5.75 Å². The van der Waals surface area contributed by atoms with Crippen LogP contribution in [0.15, 0.2) is 88.3 Å². The molecule has 4 heteroatoms. The highest BCUT2D eigenvalue weighted by molar-refractivity contribution is 5.85. The minimum Gasteiger partial charge on any atom is -0.492 e. The minimum absolute atomic E-state index is 0.0245. The summed E-state index contributed by atoms with van der Waals surface area (Å²) in [4.78, 5) is 15.5. The number of fused-ring (bicyclic) bond motifs is 1. The summed E-state index contributed by atoms with van der Waals surface area (Å²) in [5.74, 6) is 0.820. The Kier molecular flexibility index (Phi) is 5.55. The van der Waals surface area contributed by atoms with Gasteiger partial charge in [0, 0.05) is 6.54 Å². The van der Waals surface area contributed by atoms with Gasteiger partial charge in [0.1, 0.15) is 24.2 Å². The van der Waals surface area contributed by atoms with Gasteiger partial charge in [0.05, 0.1) is 10.9 Å². The van der Waals surface area contributed by atoms with Gasteiger partial charge >= 0.3 is 0 Å². The molecular weight excluding hydrogens is 386 g/mol. The summed E-state index contributed by atoms with van der Waals surface area (Å²) in [6.45, 7) is 3.99. The molecule has 31 heavy (non-hydrogen) atoms. The fourth-order valence-corrected chi connectivity index (χ4v) is 4.17. The predicted octanol–water partition coefficient (Wildman–Crippen LogP) is 5.60. The maximum atomic E-state index is 13.1. The third-order valence-corrected chi connectivity index (χ3v) is 5.92. The molecule has 0 atom stereocenters. The molecule has 1 aliphatic rings. The Morgan fingerprint density at radius 2 is 1.58 bits per heavy atom. The van der Waals surface area contributed by atoms with Gasteiger partial charge in [-0.15, -0.1) is 0 Å². The van der Waals surface area contributed by atoms with Crippen LogP contribution in [0.25, 0.3) is 33.2 Å². The molecule has 156 valence electrons. The van der Waals surface area contributed by atoms with Crippen molar-refractivity contribution in [1.82, 2.24) is 4.90 Å². The van der Waals surface area contributed by atoms with Gasteiger partial charge in [0.15, 0.2) is 5.43 Å². The molecule has 0 bridgehead atoms. The van der Waals surface area contributed by atoms with Crippen molar-refractivity contribution in [2.45, 2.75) is 12.8 Å². The van der Waals surface area contributed by atoms with Crippen LogP contribution < -0.4 is 10.2 Å². The molecule has 0 N–H and O–H groups in total. The summed E-state index contributed by atoms with van der Waals surface area (Å²) < 4.78 is 11.7. The van der Waals surface area contributed by atoms with E-state index in [0.717, 1.165) is 29.0 Å². The van der Waals surface area contributed by atoms with Crippen molar-refractivity contribution in [3.63, 3.8) is 0 Å². The molecular formula is C27H25NO3. The number of benzene rings is 3. The lowest BCUT2D eigenvalue weighted by Crippen LogP contribution is -2.25. The molecule has 1 saturated heterocycles. The normalized spacial score (nSPS) is 14.2. The lowest BCUT2D eigenvalue weighted by molar-refractivity contribution is 0.238. The van der Waals surface area contributed by atoms with E-state index >= 15 is 0 Å². The number of hydrogen-bond acceptors (Lipinski definition) is 4. The fraction of sp³-hybridized carbons (Fsp3) is 0.222. The van der Waals surface area contributed by atoms with Crippen LogP contribution in [0.3, 0.4) is 0 Å². The molecule has 5 rings (SSSR count). The van der Waals surface area contributed by atoms with Crippen LogP contribution in [0.1, 0.15) is 12.8 Å². The predicted molar refractivity (Wildman–Crippen MR) is 125 cm³/mol. The molecule has 3 aromatic carbocycles. The molecule has 1 aromatic heterocycles. The summed E-state index contributed by atoms with van der Waals surface area (Å²) in [6, 6.07) is 23.5. The highest BCUT2D eigenvalue weighted by atomic mass is 16.5. The first-order valence-electron chi connectivity index (χ1n) is 10.8. The van der Waals surface area contributed by atoms with Crippen LogP contribution in [-0.2, 0) is 0 Å². The smallest absolute Gasteiger partial charge is 0.200 e. The van der Waals surface area contributed by atoms with Crippen molar-refractivity contribution >= 4 is 11.0 Å². The Bertz CT molecular complexity index is 1220. The molecule has 4 nitrogen and oxygen atoms in total. The van der Waals surface area contributed by atoms with Crippen LogP contribution in [-0.4, -0.2) is 31.1 Å². The Labute approximate surface area is 181 Å². The molecule has 2 heterocycles. The zero-order valence-electron chi connectivity index (χ0n) is 17.4. The fourth-order valence-electron chi connectivity index (χ4n) is 4.17. The van der Waals surface area contributed by atoms with Crippen molar-refractivity contribution in [2.24, 2.45) is 0 Å². The monoisotopic (exact) mass is 411 g/mol. The van der Waals surface area contributed by atoms with E-state index in [1.165, 1.54) is 25.9 Å². The van der Waals surface area contributed by atoms with Gasteiger partial charge in [-0.2, -0.15) is 0 Å². The summed E-state index contributed by atoms with van der Waals surface area (Å²) in [5, 5.41) is 0.586. The average Bonchev–Trinajstić information content (AvgIpc) is 3.34. The lowest BCUT2D eigenvalue weighted by Gasteiger charge is -2.15. The Morgan fingerprint density at radius 3 is 2.35 bits per heavy atom. The quantitative estimate of drug-likeness (QED) is 0.414. The molecule has 4 aromatic rings. The maximum Gasteiger partial charge on any atom is 0.200 e. The van der Waals surface area contributed by atoms with Crippen LogP contribution in [0.2, 0.25) is 0 Å². The zero-order valence-corrected chi connectivity index (χ0v) is 17.4. The molecule has 0 spiro atoms. The number of ether oxygens (including phenoxy) is 1. The second-order valence-electron chi connectivity index (χ2n) is 7.98. The molecule has 0 saturated carbocycles. The van der Waals surface area contributed by atoms with Crippen molar-refractivity contribution in [2.75, 3.05) is 26.2 Å². The maximum absolute atomic E-state index is 13.1. The van der Waals surface area contributed by atoms with E-state index in [1.54, 1.807) is 6.26 Å². The zero-order chi connectivity index (χ0) is 21.0. The van der Waals surface area contributed by atoms with Crippen molar-refractivity contribution in [3.05, 3.63) is 89.3 Å². The first-order chi connectivity index (χ1) is 15.3. The second kappa shape index (κ2) is 8.78. The number of rotatable bonds is 6. The van der Waals surface area contributed by atoms with Crippen molar-refractivity contribution < 1.29 is 9.15 Å². The number of likely N-dealkylation sites (tertiary alicyclic amines) is 1. The summed E-state index contributed by atoms with van der Waals surface area (Å²) >= 11 is 0. The van der Waals surface area contributed by atoms with Gasteiger partial charge in [0.2, 0.25) is 0 Å². The van der Waals surface area contributed by atoms with Gasteiger partial charge in [-0.3, -0.25) is 9.69 Å². The third kappa shape index (κ3) is 4.25. The molecule has 1 fully saturated rings. The first kappa shape index (κ1) is 19.6. The van der Waals surface area contributed by atoms with Gasteiger partial charge < -0.3 is 9.15 Å². The van der Waals surface area contributed by atoms with Gasteiger partial charge in [0.25, 0.3) is 0 Å². The Morgan fingerprint density at radius 1 is 0.839 bits per heavy atom. The van der Waals surface area contributed by atoms with Crippen LogP contribution >= 0.6 is 0 Å². The standard InChI is InChI=1S/C27H25NO3/c29-27-24-13-10-22(20-6-2-1-3-7-20)18-26(24)31-19-25(27)21-8-11-23(12-9-21)30-17-16-28-14-4-5-15-28/h1-3,6-13,18-19H,4-5,14-17H2. The van der Waals surface area contributed by atoms with Gasteiger partial charge in [-0.1, -0.05) is 48.5 Å². The van der Waals surface area contributed by atoms with Gasteiger partial charge in [-0.25, -0.2) is 0 Å². The highest BCUT2D eigenvalue weighted by Gasteiger charge is 2.12. The third-order valence-electron chi connectivity index (χ3n) is 5.92. The van der Waals surface area contributed by atoms with E-state index in [9.17, 15) is 4.79 Å².